The molecule has 2 aromatic carbocycles. The van der Waals surface area contributed by atoms with E-state index in [2.05, 4.69) is 5.32 Å². The molecule has 3 rings (SSSR count). The maximum atomic E-state index is 12.9. The third-order valence-electron chi connectivity index (χ3n) is 4.47. The summed E-state index contributed by atoms with van der Waals surface area (Å²) in [6.07, 6.45) is 0.181. The minimum absolute atomic E-state index is 0.0528. The molecule has 124 valence electrons. The first-order valence-electron chi connectivity index (χ1n) is 7.88. The summed E-state index contributed by atoms with van der Waals surface area (Å²) < 4.78 is 12.9. The minimum atomic E-state index is -0.414. The molecule has 1 aliphatic rings. The van der Waals surface area contributed by atoms with Crippen molar-refractivity contribution in [2.45, 2.75) is 20.3 Å². The molecule has 1 fully saturated rings. The van der Waals surface area contributed by atoms with E-state index in [-0.39, 0.29) is 24.1 Å². The summed E-state index contributed by atoms with van der Waals surface area (Å²) in [4.78, 5) is 26.4. The van der Waals surface area contributed by atoms with E-state index >= 15 is 0 Å². The summed E-state index contributed by atoms with van der Waals surface area (Å²) in [5.41, 5.74) is 3.54. The quantitative estimate of drug-likeness (QED) is 0.939. The van der Waals surface area contributed by atoms with Gasteiger partial charge in [0.25, 0.3) is 0 Å². The zero-order valence-electron chi connectivity index (χ0n) is 13.7. The Morgan fingerprint density at radius 1 is 1.17 bits per heavy atom. The molecule has 0 saturated carbocycles. The molecule has 0 spiro atoms. The molecule has 1 unspecified atom stereocenters. The number of benzene rings is 2. The van der Waals surface area contributed by atoms with Gasteiger partial charge in [0, 0.05) is 24.3 Å². The summed E-state index contributed by atoms with van der Waals surface area (Å²) in [7, 11) is 0. The van der Waals surface area contributed by atoms with E-state index in [1.165, 1.54) is 24.3 Å². The van der Waals surface area contributed by atoms with Crippen molar-refractivity contribution in [2.75, 3.05) is 16.8 Å². The molecule has 2 aromatic rings. The van der Waals surface area contributed by atoms with E-state index in [1.807, 2.05) is 32.0 Å². The van der Waals surface area contributed by atoms with Crippen molar-refractivity contribution < 1.29 is 14.0 Å². The van der Waals surface area contributed by atoms with Gasteiger partial charge in [-0.05, 0) is 55.3 Å². The maximum absolute atomic E-state index is 12.9. The maximum Gasteiger partial charge on any atom is 0.229 e. The van der Waals surface area contributed by atoms with Crippen LogP contribution in [0, 0.1) is 25.6 Å². The topological polar surface area (TPSA) is 49.4 Å². The van der Waals surface area contributed by atoms with Gasteiger partial charge in [0.2, 0.25) is 11.8 Å². The van der Waals surface area contributed by atoms with E-state index in [0.717, 1.165) is 16.8 Å². The molecular formula is C19H19FN2O2. The van der Waals surface area contributed by atoms with Crippen molar-refractivity contribution in [2.24, 2.45) is 5.92 Å². The van der Waals surface area contributed by atoms with Gasteiger partial charge >= 0.3 is 0 Å². The standard InChI is InChI=1S/C19H19FN2O2/c1-12-4-3-5-17(13(12)2)22-11-14(10-18(22)23)19(24)21-16-8-6-15(20)7-9-16/h3-9,14H,10-11H2,1-2H3,(H,21,24). The van der Waals surface area contributed by atoms with Crippen LogP contribution in [0.3, 0.4) is 0 Å². The predicted molar refractivity (Wildman–Crippen MR) is 91.4 cm³/mol. The number of carbonyl (C=O) groups excluding carboxylic acids is 2. The SMILES string of the molecule is Cc1cccc(N2CC(C(=O)Nc3ccc(F)cc3)CC2=O)c1C. The first kappa shape index (κ1) is 16.2. The average molecular weight is 326 g/mol. The van der Waals surface area contributed by atoms with Crippen LogP contribution in [0.4, 0.5) is 15.8 Å². The second-order valence-corrected chi connectivity index (χ2v) is 6.12. The lowest BCUT2D eigenvalue weighted by Gasteiger charge is -2.20. The Labute approximate surface area is 140 Å². The number of nitrogens with one attached hydrogen (secondary N) is 1. The van der Waals surface area contributed by atoms with E-state index in [0.29, 0.717) is 12.2 Å². The van der Waals surface area contributed by atoms with Gasteiger partial charge in [0.15, 0.2) is 0 Å². The molecule has 1 aliphatic heterocycles. The number of hydrogen-bond donors (Lipinski definition) is 1. The summed E-state index contributed by atoms with van der Waals surface area (Å²) in [6.45, 7) is 4.33. The van der Waals surface area contributed by atoms with Crippen LogP contribution >= 0.6 is 0 Å². The Hall–Kier alpha value is -2.69. The van der Waals surface area contributed by atoms with Gasteiger partial charge < -0.3 is 10.2 Å². The molecule has 1 saturated heterocycles. The van der Waals surface area contributed by atoms with Gasteiger partial charge in [-0.1, -0.05) is 12.1 Å². The van der Waals surface area contributed by atoms with Crippen LogP contribution in [0.1, 0.15) is 17.5 Å². The third kappa shape index (κ3) is 3.15. The molecule has 1 heterocycles. The van der Waals surface area contributed by atoms with Gasteiger partial charge in [-0.25, -0.2) is 4.39 Å². The fourth-order valence-electron chi connectivity index (χ4n) is 2.92. The zero-order valence-corrected chi connectivity index (χ0v) is 13.7. The largest absolute Gasteiger partial charge is 0.326 e. The lowest BCUT2D eigenvalue weighted by Crippen LogP contribution is -2.28. The molecule has 0 aromatic heterocycles. The molecule has 0 radical (unpaired) electrons. The number of rotatable bonds is 3. The van der Waals surface area contributed by atoms with E-state index in [4.69, 9.17) is 0 Å². The fraction of sp³-hybridized carbons (Fsp3) is 0.263. The van der Waals surface area contributed by atoms with Crippen molar-refractivity contribution in [1.29, 1.82) is 0 Å². The molecule has 5 heteroatoms. The van der Waals surface area contributed by atoms with Gasteiger partial charge in [0.05, 0.1) is 5.92 Å². The Kier molecular flexibility index (Phi) is 4.34. The van der Waals surface area contributed by atoms with Gasteiger partial charge in [0.1, 0.15) is 5.82 Å². The van der Waals surface area contributed by atoms with Crippen molar-refractivity contribution in [3.8, 4) is 0 Å². The molecular weight excluding hydrogens is 307 g/mol. The Morgan fingerprint density at radius 3 is 2.58 bits per heavy atom. The van der Waals surface area contributed by atoms with Gasteiger partial charge in [-0.2, -0.15) is 0 Å². The third-order valence-corrected chi connectivity index (χ3v) is 4.47. The number of nitrogens with zero attached hydrogens (tertiary/aromatic N) is 1. The summed E-state index contributed by atoms with van der Waals surface area (Å²) in [5, 5.41) is 2.75. The summed E-state index contributed by atoms with van der Waals surface area (Å²) >= 11 is 0. The molecule has 4 nitrogen and oxygen atoms in total. The first-order chi connectivity index (χ1) is 11.5. The molecule has 0 bridgehead atoms. The van der Waals surface area contributed by atoms with Crippen molar-refractivity contribution in [3.63, 3.8) is 0 Å². The Bertz CT molecular complexity index is 786. The monoisotopic (exact) mass is 326 g/mol. The average Bonchev–Trinajstić information content (AvgIpc) is 2.94. The van der Waals surface area contributed by atoms with Crippen molar-refractivity contribution in [3.05, 3.63) is 59.4 Å². The summed E-state index contributed by atoms with van der Waals surface area (Å²) in [6, 6.07) is 11.4. The molecule has 24 heavy (non-hydrogen) atoms. The number of amides is 2. The second-order valence-electron chi connectivity index (χ2n) is 6.12. The van der Waals surface area contributed by atoms with Crippen molar-refractivity contribution >= 4 is 23.2 Å². The van der Waals surface area contributed by atoms with Crippen LogP contribution in [0.25, 0.3) is 0 Å². The van der Waals surface area contributed by atoms with Gasteiger partial charge in [-0.3, -0.25) is 9.59 Å². The number of anilines is 2. The van der Waals surface area contributed by atoms with E-state index < -0.39 is 5.92 Å². The van der Waals surface area contributed by atoms with Crippen LogP contribution in [-0.2, 0) is 9.59 Å². The molecule has 1 N–H and O–H groups in total. The van der Waals surface area contributed by atoms with Crippen LogP contribution in [0.15, 0.2) is 42.5 Å². The zero-order chi connectivity index (χ0) is 17.3. The fourth-order valence-corrected chi connectivity index (χ4v) is 2.92. The number of halogens is 1. The second kappa shape index (κ2) is 6.43. The molecule has 2 amide bonds. The minimum Gasteiger partial charge on any atom is -0.326 e. The highest BCUT2D eigenvalue weighted by Gasteiger charge is 2.35. The number of aryl methyl sites for hydroxylation is 1. The van der Waals surface area contributed by atoms with E-state index in [1.54, 1.807) is 4.90 Å². The Balaban J connectivity index is 1.73. The normalized spacial score (nSPS) is 17.2. The smallest absolute Gasteiger partial charge is 0.229 e. The highest BCUT2D eigenvalue weighted by Crippen LogP contribution is 2.29. The number of hydrogen-bond acceptors (Lipinski definition) is 2. The van der Waals surface area contributed by atoms with Crippen LogP contribution in [0.5, 0.6) is 0 Å². The van der Waals surface area contributed by atoms with Crippen LogP contribution < -0.4 is 10.2 Å². The van der Waals surface area contributed by atoms with E-state index in [9.17, 15) is 14.0 Å². The van der Waals surface area contributed by atoms with Crippen LogP contribution in [-0.4, -0.2) is 18.4 Å². The lowest BCUT2D eigenvalue weighted by molar-refractivity contribution is -0.122. The summed E-state index contributed by atoms with van der Waals surface area (Å²) in [5.74, 6) is -1.04. The first-order valence-corrected chi connectivity index (χ1v) is 7.88. The highest BCUT2D eigenvalue weighted by molar-refractivity contribution is 6.03. The van der Waals surface area contributed by atoms with Crippen LogP contribution in [0.2, 0.25) is 0 Å². The predicted octanol–water partition coefficient (Wildman–Crippen LogP) is 3.43. The molecule has 1 atom stereocenters. The highest BCUT2D eigenvalue weighted by atomic mass is 19.1. The Morgan fingerprint density at radius 2 is 1.88 bits per heavy atom. The van der Waals surface area contributed by atoms with Gasteiger partial charge in [-0.15, -0.1) is 0 Å². The molecule has 0 aliphatic carbocycles. The van der Waals surface area contributed by atoms with Crippen molar-refractivity contribution in [1.82, 2.24) is 0 Å². The number of carbonyl (C=O) groups is 2. The lowest BCUT2D eigenvalue weighted by atomic mass is 10.1.